The maximum absolute atomic E-state index is 12.5. The van der Waals surface area contributed by atoms with Crippen molar-refractivity contribution in [2.24, 2.45) is 0 Å². The smallest absolute Gasteiger partial charge is 0.260 e. The SMILES string of the molecule is O=C(COc1ccc2ccccc2n1)N1CCN(Cc2ccccc2)CC1. The molecule has 138 valence electrons. The molecule has 4 rings (SSSR count). The fourth-order valence-electron chi connectivity index (χ4n) is 3.35. The van der Waals surface area contributed by atoms with E-state index in [1.165, 1.54) is 5.56 Å². The lowest BCUT2D eigenvalue weighted by Gasteiger charge is -2.34. The van der Waals surface area contributed by atoms with Crippen molar-refractivity contribution in [2.75, 3.05) is 32.8 Å². The zero-order valence-electron chi connectivity index (χ0n) is 15.3. The number of amides is 1. The Kier molecular flexibility index (Phi) is 5.30. The molecule has 5 nitrogen and oxygen atoms in total. The van der Waals surface area contributed by atoms with Crippen molar-refractivity contribution in [1.82, 2.24) is 14.8 Å². The minimum Gasteiger partial charge on any atom is -0.468 e. The first kappa shape index (κ1) is 17.5. The predicted molar refractivity (Wildman–Crippen MR) is 106 cm³/mol. The van der Waals surface area contributed by atoms with Gasteiger partial charge < -0.3 is 9.64 Å². The van der Waals surface area contributed by atoms with Crippen molar-refractivity contribution < 1.29 is 9.53 Å². The highest BCUT2D eigenvalue weighted by molar-refractivity contribution is 5.79. The largest absolute Gasteiger partial charge is 0.468 e. The van der Waals surface area contributed by atoms with Crippen molar-refractivity contribution in [3.8, 4) is 5.88 Å². The fourth-order valence-corrected chi connectivity index (χ4v) is 3.35. The molecular weight excluding hydrogens is 338 g/mol. The second kappa shape index (κ2) is 8.18. The number of benzene rings is 2. The number of fused-ring (bicyclic) bond motifs is 1. The van der Waals surface area contributed by atoms with Gasteiger partial charge >= 0.3 is 0 Å². The molecule has 1 amide bonds. The lowest BCUT2D eigenvalue weighted by Crippen LogP contribution is -2.49. The maximum Gasteiger partial charge on any atom is 0.260 e. The molecule has 1 fully saturated rings. The molecule has 1 aliphatic rings. The Bertz CT molecular complexity index is 906. The molecule has 1 aromatic heterocycles. The van der Waals surface area contributed by atoms with Crippen LogP contribution in [0.3, 0.4) is 0 Å². The number of ether oxygens (including phenoxy) is 1. The van der Waals surface area contributed by atoms with E-state index in [0.29, 0.717) is 5.88 Å². The number of carbonyl (C=O) groups excluding carboxylic acids is 1. The van der Waals surface area contributed by atoms with E-state index in [0.717, 1.165) is 43.6 Å². The van der Waals surface area contributed by atoms with E-state index in [4.69, 9.17) is 4.74 Å². The molecular formula is C22H23N3O2. The van der Waals surface area contributed by atoms with Gasteiger partial charge in [-0.1, -0.05) is 48.5 Å². The van der Waals surface area contributed by atoms with Crippen LogP contribution in [0.1, 0.15) is 5.56 Å². The number of aromatic nitrogens is 1. The minimum atomic E-state index is 0.0179. The third-order valence-electron chi connectivity index (χ3n) is 4.89. The first-order chi connectivity index (χ1) is 13.3. The first-order valence-corrected chi connectivity index (χ1v) is 9.30. The van der Waals surface area contributed by atoms with Gasteiger partial charge in [0.05, 0.1) is 5.52 Å². The summed E-state index contributed by atoms with van der Waals surface area (Å²) in [5, 5.41) is 1.06. The van der Waals surface area contributed by atoms with Gasteiger partial charge in [0.1, 0.15) is 0 Å². The molecule has 27 heavy (non-hydrogen) atoms. The standard InChI is InChI=1S/C22H23N3O2/c26-22(17-27-21-11-10-19-8-4-5-9-20(19)23-21)25-14-12-24(13-15-25)16-18-6-2-1-3-7-18/h1-11H,12-17H2. The number of carbonyl (C=O) groups is 1. The molecule has 0 radical (unpaired) electrons. The van der Waals surface area contributed by atoms with E-state index < -0.39 is 0 Å². The summed E-state index contributed by atoms with van der Waals surface area (Å²) in [7, 11) is 0. The summed E-state index contributed by atoms with van der Waals surface area (Å²) < 4.78 is 5.64. The average Bonchev–Trinajstić information content (AvgIpc) is 2.73. The second-order valence-electron chi connectivity index (χ2n) is 6.77. The van der Waals surface area contributed by atoms with Gasteiger partial charge in [-0.3, -0.25) is 9.69 Å². The average molecular weight is 361 g/mol. The van der Waals surface area contributed by atoms with Crippen LogP contribution >= 0.6 is 0 Å². The van der Waals surface area contributed by atoms with Crippen LogP contribution in [0.5, 0.6) is 5.88 Å². The molecule has 1 aliphatic heterocycles. The zero-order valence-corrected chi connectivity index (χ0v) is 15.3. The number of para-hydroxylation sites is 1. The van der Waals surface area contributed by atoms with Gasteiger partial charge in [0, 0.05) is 44.2 Å². The van der Waals surface area contributed by atoms with Crippen molar-refractivity contribution in [2.45, 2.75) is 6.54 Å². The predicted octanol–water partition coefficient (Wildman–Crippen LogP) is 2.96. The lowest BCUT2D eigenvalue weighted by atomic mass is 10.2. The zero-order chi connectivity index (χ0) is 18.5. The van der Waals surface area contributed by atoms with E-state index in [1.54, 1.807) is 0 Å². The number of rotatable bonds is 5. The van der Waals surface area contributed by atoms with Gasteiger partial charge in [-0.2, -0.15) is 0 Å². The van der Waals surface area contributed by atoms with E-state index in [2.05, 4.69) is 34.1 Å². The highest BCUT2D eigenvalue weighted by atomic mass is 16.5. The number of pyridine rings is 1. The molecule has 0 unspecified atom stereocenters. The maximum atomic E-state index is 12.5. The van der Waals surface area contributed by atoms with Crippen molar-refractivity contribution >= 4 is 16.8 Å². The Balaban J connectivity index is 1.26. The highest BCUT2D eigenvalue weighted by Crippen LogP contribution is 2.16. The monoisotopic (exact) mass is 361 g/mol. The van der Waals surface area contributed by atoms with Gasteiger partial charge in [-0.25, -0.2) is 4.98 Å². The molecule has 0 N–H and O–H groups in total. The van der Waals surface area contributed by atoms with E-state index in [-0.39, 0.29) is 12.5 Å². The van der Waals surface area contributed by atoms with Gasteiger partial charge in [0.15, 0.2) is 6.61 Å². The van der Waals surface area contributed by atoms with E-state index in [9.17, 15) is 4.79 Å². The normalized spacial score (nSPS) is 15.0. The quantitative estimate of drug-likeness (QED) is 0.701. The third-order valence-corrected chi connectivity index (χ3v) is 4.89. The fraction of sp³-hybridized carbons (Fsp3) is 0.273. The second-order valence-corrected chi connectivity index (χ2v) is 6.77. The highest BCUT2D eigenvalue weighted by Gasteiger charge is 2.21. The van der Waals surface area contributed by atoms with E-state index >= 15 is 0 Å². The molecule has 5 heteroatoms. The third kappa shape index (κ3) is 4.44. The molecule has 1 saturated heterocycles. The summed E-state index contributed by atoms with van der Waals surface area (Å²) in [6.45, 7) is 4.20. The summed E-state index contributed by atoms with van der Waals surface area (Å²) in [6.07, 6.45) is 0. The van der Waals surface area contributed by atoms with Crippen LogP contribution in [0.2, 0.25) is 0 Å². The molecule has 0 saturated carbocycles. The van der Waals surface area contributed by atoms with Crippen molar-refractivity contribution in [1.29, 1.82) is 0 Å². The minimum absolute atomic E-state index is 0.0179. The Morgan fingerprint density at radius 2 is 1.63 bits per heavy atom. The molecule has 2 heterocycles. The summed E-state index contributed by atoms with van der Waals surface area (Å²) in [5.41, 5.74) is 2.18. The van der Waals surface area contributed by atoms with Crippen LogP contribution < -0.4 is 4.74 Å². The van der Waals surface area contributed by atoms with Crippen LogP contribution in [0.4, 0.5) is 0 Å². The first-order valence-electron chi connectivity index (χ1n) is 9.30. The summed E-state index contributed by atoms with van der Waals surface area (Å²) in [6, 6.07) is 22.1. The van der Waals surface area contributed by atoms with Crippen LogP contribution in [-0.2, 0) is 11.3 Å². The summed E-state index contributed by atoms with van der Waals surface area (Å²) in [4.78, 5) is 21.2. The summed E-state index contributed by atoms with van der Waals surface area (Å²) in [5.74, 6) is 0.508. The Hall–Kier alpha value is -2.92. The molecule has 0 spiro atoms. The van der Waals surface area contributed by atoms with Crippen LogP contribution in [-0.4, -0.2) is 53.5 Å². The number of piperazine rings is 1. The molecule has 0 atom stereocenters. The topological polar surface area (TPSA) is 45.7 Å². The van der Waals surface area contributed by atoms with Crippen LogP contribution in [0.15, 0.2) is 66.7 Å². The molecule has 3 aromatic rings. The number of hydrogen-bond donors (Lipinski definition) is 0. The van der Waals surface area contributed by atoms with Crippen LogP contribution in [0.25, 0.3) is 10.9 Å². The lowest BCUT2D eigenvalue weighted by molar-refractivity contribution is -0.135. The Morgan fingerprint density at radius 3 is 2.44 bits per heavy atom. The van der Waals surface area contributed by atoms with Gasteiger partial charge in [0.2, 0.25) is 5.88 Å². The van der Waals surface area contributed by atoms with Gasteiger partial charge in [0.25, 0.3) is 5.91 Å². The van der Waals surface area contributed by atoms with Gasteiger partial charge in [-0.05, 0) is 17.7 Å². The van der Waals surface area contributed by atoms with Crippen molar-refractivity contribution in [3.63, 3.8) is 0 Å². The van der Waals surface area contributed by atoms with Crippen molar-refractivity contribution in [3.05, 3.63) is 72.3 Å². The molecule has 0 aliphatic carbocycles. The number of nitrogens with zero attached hydrogens (tertiary/aromatic N) is 3. The van der Waals surface area contributed by atoms with E-state index in [1.807, 2.05) is 47.4 Å². The molecule has 2 aromatic carbocycles. The Labute approximate surface area is 159 Å². The van der Waals surface area contributed by atoms with Crippen LogP contribution in [0, 0.1) is 0 Å². The molecule has 0 bridgehead atoms. The van der Waals surface area contributed by atoms with Gasteiger partial charge in [-0.15, -0.1) is 0 Å². The Morgan fingerprint density at radius 1 is 0.889 bits per heavy atom. The summed E-state index contributed by atoms with van der Waals surface area (Å²) >= 11 is 0. The number of hydrogen-bond acceptors (Lipinski definition) is 4.